The number of nitrogens with zero attached hydrogens (tertiary/aromatic N) is 1. The predicted octanol–water partition coefficient (Wildman–Crippen LogP) is 0.401. The van der Waals surface area contributed by atoms with Gasteiger partial charge in [-0.25, -0.2) is 9.28 Å². The molecular weight excluding hydrogens is 204 g/mol. The van der Waals surface area contributed by atoms with E-state index in [0.29, 0.717) is 23.1 Å². The number of amides is 2. The summed E-state index contributed by atoms with van der Waals surface area (Å²) in [4.78, 5) is 23.8. The number of carbonyl (C=O) groups is 2. The molecule has 1 aromatic rings. The molecule has 1 saturated heterocycles. The van der Waals surface area contributed by atoms with Crippen LogP contribution in [-0.4, -0.2) is 42.5 Å². The van der Waals surface area contributed by atoms with E-state index in [2.05, 4.69) is 5.32 Å². The highest BCUT2D eigenvalue weighted by molar-refractivity contribution is 5.96. The summed E-state index contributed by atoms with van der Waals surface area (Å²) < 4.78 is 0.500. The van der Waals surface area contributed by atoms with Crippen molar-refractivity contribution in [1.82, 2.24) is 5.32 Å². The number of nitrogens with one attached hydrogen (secondary N) is 1. The highest BCUT2D eigenvalue weighted by Crippen LogP contribution is 2.25. The monoisotopic (exact) mass is 217 g/mol. The molecule has 4 rings (SSSR count). The van der Waals surface area contributed by atoms with Crippen molar-refractivity contribution >= 4 is 11.8 Å². The van der Waals surface area contributed by atoms with Gasteiger partial charge >= 0.3 is 5.91 Å². The Kier molecular flexibility index (Phi) is 1.88. The lowest BCUT2D eigenvalue weighted by molar-refractivity contribution is -0.709. The minimum Gasteiger partial charge on any atom is -0.346 e. The number of carbonyl (C=O) groups excluding carboxylic acids is 2. The van der Waals surface area contributed by atoms with Crippen LogP contribution in [0.5, 0.6) is 0 Å². The number of benzene rings is 1. The van der Waals surface area contributed by atoms with Crippen LogP contribution in [0.3, 0.4) is 0 Å². The molecule has 0 radical (unpaired) electrons. The second kappa shape index (κ2) is 3.15. The summed E-state index contributed by atoms with van der Waals surface area (Å²) in [5.74, 6) is 0.128. The maximum Gasteiger partial charge on any atom is 0.346 e. The molecule has 3 aliphatic heterocycles. The van der Waals surface area contributed by atoms with Crippen molar-refractivity contribution in [2.75, 3.05) is 26.2 Å². The number of hydrogen-bond donors (Lipinski definition) is 1. The third-order valence-electron chi connectivity index (χ3n) is 3.41. The molecule has 1 aromatic carbocycles. The highest BCUT2D eigenvalue weighted by atomic mass is 16.2. The van der Waals surface area contributed by atoms with Crippen molar-refractivity contribution in [3.8, 4) is 0 Å². The summed E-state index contributed by atoms with van der Waals surface area (Å²) >= 11 is 0. The van der Waals surface area contributed by atoms with Crippen molar-refractivity contribution in [1.29, 1.82) is 0 Å². The average molecular weight is 217 g/mol. The Hall–Kier alpha value is -1.68. The van der Waals surface area contributed by atoms with Gasteiger partial charge in [0.1, 0.15) is 19.6 Å². The second-order valence-electron chi connectivity index (χ2n) is 4.45. The minimum absolute atomic E-state index is 0.0547. The quantitative estimate of drug-likeness (QED) is 0.505. The van der Waals surface area contributed by atoms with Crippen LogP contribution in [0.25, 0.3) is 0 Å². The maximum atomic E-state index is 12.2. The molecule has 1 fully saturated rings. The van der Waals surface area contributed by atoms with Crippen molar-refractivity contribution in [2.45, 2.75) is 0 Å². The van der Waals surface area contributed by atoms with E-state index in [1.807, 2.05) is 0 Å². The Morgan fingerprint density at radius 3 is 2.19 bits per heavy atom. The SMILES string of the molecule is O=C1NCC[N+]2(CC2)C(=O)c2ccc1cc2. The first-order chi connectivity index (χ1) is 7.71. The fourth-order valence-corrected chi connectivity index (χ4v) is 2.17. The number of fused-ring (bicyclic) bond motifs is 5. The first-order valence-corrected chi connectivity index (χ1v) is 5.51. The van der Waals surface area contributed by atoms with E-state index in [9.17, 15) is 9.59 Å². The molecule has 3 aliphatic rings. The number of rotatable bonds is 0. The molecule has 82 valence electrons. The van der Waals surface area contributed by atoms with E-state index in [0.717, 1.165) is 18.7 Å². The zero-order chi connectivity index (χ0) is 11.2. The second-order valence-corrected chi connectivity index (χ2v) is 4.45. The summed E-state index contributed by atoms with van der Waals surface area (Å²) in [6, 6.07) is 6.93. The zero-order valence-electron chi connectivity index (χ0n) is 8.90. The van der Waals surface area contributed by atoms with Crippen LogP contribution in [0.15, 0.2) is 24.3 Å². The molecule has 16 heavy (non-hydrogen) atoms. The molecule has 4 heteroatoms. The van der Waals surface area contributed by atoms with E-state index in [1.54, 1.807) is 24.3 Å². The van der Waals surface area contributed by atoms with Gasteiger partial charge in [0, 0.05) is 5.56 Å². The minimum atomic E-state index is -0.0547. The lowest BCUT2D eigenvalue weighted by Crippen LogP contribution is -2.41. The molecule has 0 unspecified atom stereocenters. The van der Waals surface area contributed by atoms with E-state index in [1.165, 1.54) is 0 Å². The van der Waals surface area contributed by atoms with E-state index >= 15 is 0 Å². The summed E-state index contributed by atoms with van der Waals surface area (Å²) in [6.07, 6.45) is 0. The molecule has 0 aliphatic carbocycles. The number of quaternary nitrogens is 1. The summed E-state index contributed by atoms with van der Waals surface area (Å²) in [5, 5.41) is 2.84. The van der Waals surface area contributed by atoms with E-state index in [4.69, 9.17) is 0 Å². The third kappa shape index (κ3) is 1.34. The highest BCUT2D eigenvalue weighted by Gasteiger charge is 2.49. The molecule has 1 N–H and O–H groups in total. The Balaban J connectivity index is 2.05. The lowest BCUT2D eigenvalue weighted by Gasteiger charge is -2.18. The lowest BCUT2D eigenvalue weighted by atomic mass is 10.1. The fraction of sp³-hybridized carbons (Fsp3) is 0.333. The van der Waals surface area contributed by atoms with Crippen LogP contribution in [-0.2, 0) is 0 Å². The smallest absolute Gasteiger partial charge is 0.346 e. The molecule has 1 spiro atoms. The molecule has 0 atom stereocenters. The summed E-state index contributed by atoms with van der Waals surface area (Å²) in [6.45, 7) is 3.08. The standard InChI is InChI=1S/C12H12N2O2/c15-11-9-1-3-10(4-2-9)12(16)14(7-8-14)6-5-13-11/h1-4H,5-8H2/p+1. The third-order valence-corrected chi connectivity index (χ3v) is 3.41. The van der Waals surface area contributed by atoms with Gasteiger partial charge in [-0.05, 0) is 24.3 Å². The fourth-order valence-electron chi connectivity index (χ4n) is 2.17. The van der Waals surface area contributed by atoms with Crippen LogP contribution in [0.1, 0.15) is 20.7 Å². The first kappa shape index (κ1) is 9.54. The molecule has 0 aromatic heterocycles. The normalized spacial score (nSPS) is 22.0. The molecule has 2 amide bonds. The van der Waals surface area contributed by atoms with Gasteiger partial charge in [-0.1, -0.05) is 0 Å². The topological polar surface area (TPSA) is 46.2 Å². The zero-order valence-corrected chi connectivity index (χ0v) is 8.90. The number of hydrogen-bond acceptors (Lipinski definition) is 2. The van der Waals surface area contributed by atoms with E-state index < -0.39 is 0 Å². The molecular formula is C12H13N2O2+. The Morgan fingerprint density at radius 2 is 1.56 bits per heavy atom. The Morgan fingerprint density at radius 1 is 0.938 bits per heavy atom. The van der Waals surface area contributed by atoms with Gasteiger partial charge < -0.3 is 5.32 Å². The van der Waals surface area contributed by atoms with Gasteiger partial charge in [0.15, 0.2) is 0 Å². The van der Waals surface area contributed by atoms with Crippen LogP contribution in [0, 0.1) is 0 Å². The van der Waals surface area contributed by atoms with Crippen LogP contribution >= 0.6 is 0 Å². The van der Waals surface area contributed by atoms with Gasteiger partial charge in [0.2, 0.25) is 0 Å². The Labute approximate surface area is 93.5 Å². The molecule has 2 bridgehead atoms. The van der Waals surface area contributed by atoms with Crippen molar-refractivity contribution in [3.63, 3.8) is 0 Å². The molecule has 3 heterocycles. The van der Waals surface area contributed by atoms with Gasteiger partial charge in [-0.2, -0.15) is 0 Å². The van der Waals surface area contributed by atoms with Crippen LogP contribution in [0.2, 0.25) is 0 Å². The van der Waals surface area contributed by atoms with Gasteiger partial charge in [-0.3, -0.25) is 4.79 Å². The van der Waals surface area contributed by atoms with Crippen molar-refractivity contribution in [2.24, 2.45) is 0 Å². The molecule has 0 saturated carbocycles. The van der Waals surface area contributed by atoms with Gasteiger partial charge in [-0.15, -0.1) is 0 Å². The first-order valence-electron chi connectivity index (χ1n) is 5.51. The van der Waals surface area contributed by atoms with Gasteiger partial charge in [0.25, 0.3) is 5.91 Å². The predicted molar refractivity (Wildman–Crippen MR) is 58.0 cm³/mol. The average Bonchev–Trinajstić information content (AvgIpc) is 3.08. The molecule has 4 nitrogen and oxygen atoms in total. The Bertz CT molecular complexity index is 460. The van der Waals surface area contributed by atoms with Crippen molar-refractivity contribution in [3.05, 3.63) is 35.4 Å². The van der Waals surface area contributed by atoms with E-state index in [-0.39, 0.29) is 11.8 Å². The summed E-state index contributed by atoms with van der Waals surface area (Å²) in [7, 11) is 0. The maximum absolute atomic E-state index is 12.2. The van der Waals surface area contributed by atoms with Crippen LogP contribution in [0.4, 0.5) is 0 Å². The largest absolute Gasteiger partial charge is 0.346 e. The van der Waals surface area contributed by atoms with Gasteiger partial charge in [0.05, 0.1) is 12.1 Å². The van der Waals surface area contributed by atoms with Crippen LogP contribution < -0.4 is 5.32 Å². The summed E-state index contributed by atoms with van der Waals surface area (Å²) in [5.41, 5.74) is 1.34. The van der Waals surface area contributed by atoms with Crippen molar-refractivity contribution < 1.29 is 14.1 Å².